The van der Waals surface area contributed by atoms with Gasteiger partial charge >= 0.3 is 0 Å². The van der Waals surface area contributed by atoms with Crippen molar-refractivity contribution >= 4 is 12.4 Å². The van der Waals surface area contributed by atoms with Gasteiger partial charge in [0.25, 0.3) is 0 Å². The maximum absolute atomic E-state index is 5.83. The molecule has 0 amide bonds. The molecule has 0 aromatic heterocycles. The van der Waals surface area contributed by atoms with Gasteiger partial charge in [0.05, 0.1) is 6.61 Å². The quantitative estimate of drug-likeness (QED) is 0.752. The number of hydrogen-bond donors (Lipinski definition) is 1. The Balaban J connectivity index is 0.000000845. The summed E-state index contributed by atoms with van der Waals surface area (Å²) in [6.45, 7) is 2.81. The maximum Gasteiger partial charge on any atom is 0.122 e. The van der Waals surface area contributed by atoms with Crippen molar-refractivity contribution in [3.63, 3.8) is 0 Å². The van der Waals surface area contributed by atoms with Gasteiger partial charge in [0.15, 0.2) is 0 Å². The molecule has 1 heterocycles. The molecule has 0 saturated heterocycles. The van der Waals surface area contributed by atoms with Crippen LogP contribution in [0.15, 0.2) is 18.2 Å². The fourth-order valence-corrected chi connectivity index (χ4v) is 1.68. The summed E-state index contributed by atoms with van der Waals surface area (Å²) in [5.41, 5.74) is 8.36. The van der Waals surface area contributed by atoms with Crippen LogP contribution in [-0.2, 0) is 6.42 Å². The predicted octanol–water partition coefficient (Wildman–Crippen LogP) is 2.06. The Morgan fingerprint density at radius 1 is 1.46 bits per heavy atom. The smallest absolute Gasteiger partial charge is 0.122 e. The van der Waals surface area contributed by atoms with Crippen LogP contribution in [0, 0.1) is 0 Å². The van der Waals surface area contributed by atoms with Crippen LogP contribution < -0.4 is 10.5 Å². The zero-order valence-corrected chi connectivity index (χ0v) is 8.43. The zero-order valence-electron chi connectivity index (χ0n) is 7.62. The molecule has 0 aliphatic carbocycles. The summed E-state index contributed by atoms with van der Waals surface area (Å²) in [7, 11) is 0. The molecule has 0 unspecified atom stereocenters. The van der Waals surface area contributed by atoms with Crippen molar-refractivity contribution in [3.8, 4) is 5.75 Å². The lowest BCUT2D eigenvalue weighted by molar-refractivity contribution is 0.357. The molecule has 2 nitrogen and oxygen atoms in total. The first-order chi connectivity index (χ1) is 5.79. The van der Waals surface area contributed by atoms with Gasteiger partial charge in [-0.2, -0.15) is 0 Å². The third-order valence-electron chi connectivity index (χ3n) is 2.27. The average Bonchev–Trinajstić information content (AvgIpc) is 2.49. The minimum Gasteiger partial charge on any atom is -0.493 e. The fraction of sp³-hybridized carbons (Fsp3) is 0.400. The van der Waals surface area contributed by atoms with Gasteiger partial charge in [-0.15, -0.1) is 12.4 Å². The minimum absolute atomic E-state index is 0. The molecule has 2 rings (SSSR count). The Labute approximate surface area is 84.5 Å². The highest BCUT2D eigenvalue weighted by molar-refractivity contribution is 5.85. The highest BCUT2D eigenvalue weighted by Gasteiger charge is 2.16. The summed E-state index contributed by atoms with van der Waals surface area (Å²) >= 11 is 0. The highest BCUT2D eigenvalue weighted by atomic mass is 35.5. The molecule has 0 fully saturated rings. The SMILES string of the molecule is C[C@H](N)c1cccc2c1CCO2.Cl. The molecule has 0 saturated carbocycles. The van der Waals surface area contributed by atoms with Crippen LogP contribution in [0.25, 0.3) is 0 Å². The van der Waals surface area contributed by atoms with E-state index in [0.717, 1.165) is 18.8 Å². The Kier molecular flexibility index (Phi) is 3.17. The van der Waals surface area contributed by atoms with Crippen molar-refractivity contribution in [2.45, 2.75) is 19.4 Å². The third-order valence-corrected chi connectivity index (χ3v) is 2.27. The second-order valence-corrected chi connectivity index (χ2v) is 3.21. The second-order valence-electron chi connectivity index (χ2n) is 3.21. The van der Waals surface area contributed by atoms with E-state index in [9.17, 15) is 0 Å². The number of fused-ring (bicyclic) bond motifs is 1. The summed E-state index contributed by atoms with van der Waals surface area (Å²) in [6.07, 6.45) is 1.01. The van der Waals surface area contributed by atoms with E-state index in [1.54, 1.807) is 0 Å². The Morgan fingerprint density at radius 2 is 2.23 bits per heavy atom. The summed E-state index contributed by atoms with van der Waals surface area (Å²) in [4.78, 5) is 0. The predicted molar refractivity (Wildman–Crippen MR) is 55.5 cm³/mol. The van der Waals surface area contributed by atoms with E-state index >= 15 is 0 Å². The highest BCUT2D eigenvalue weighted by Crippen LogP contribution is 2.30. The molecule has 1 aromatic carbocycles. The van der Waals surface area contributed by atoms with Crippen molar-refractivity contribution < 1.29 is 4.74 Å². The summed E-state index contributed by atoms with van der Waals surface area (Å²) < 4.78 is 5.43. The van der Waals surface area contributed by atoms with Gasteiger partial charge < -0.3 is 10.5 Å². The van der Waals surface area contributed by atoms with Gasteiger partial charge in [-0.25, -0.2) is 0 Å². The van der Waals surface area contributed by atoms with E-state index in [1.165, 1.54) is 11.1 Å². The molecule has 0 radical (unpaired) electrons. The van der Waals surface area contributed by atoms with Gasteiger partial charge in [-0.1, -0.05) is 12.1 Å². The fourth-order valence-electron chi connectivity index (χ4n) is 1.68. The first-order valence-corrected chi connectivity index (χ1v) is 4.29. The van der Waals surface area contributed by atoms with Gasteiger partial charge in [0.2, 0.25) is 0 Å². The van der Waals surface area contributed by atoms with Crippen molar-refractivity contribution in [2.75, 3.05) is 6.61 Å². The van der Waals surface area contributed by atoms with E-state index in [0.29, 0.717) is 0 Å². The lowest BCUT2D eigenvalue weighted by Gasteiger charge is -2.09. The molecule has 1 aromatic rings. The van der Waals surface area contributed by atoms with Crippen molar-refractivity contribution in [1.82, 2.24) is 0 Å². The molecule has 13 heavy (non-hydrogen) atoms. The molecule has 0 spiro atoms. The Morgan fingerprint density at radius 3 is 2.92 bits per heavy atom. The van der Waals surface area contributed by atoms with E-state index in [2.05, 4.69) is 6.07 Å². The summed E-state index contributed by atoms with van der Waals surface area (Å²) in [5, 5.41) is 0. The summed E-state index contributed by atoms with van der Waals surface area (Å²) in [6, 6.07) is 6.21. The summed E-state index contributed by atoms with van der Waals surface area (Å²) in [5.74, 6) is 1.02. The molecule has 2 N–H and O–H groups in total. The molecular formula is C10H14ClNO. The van der Waals surface area contributed by atoms with Crippen molar-refractivity contribution in [3.05, 3.63) is 29.3 Å². The van der Waals surface area contributed by atoms with Crippen LogP contribution in [0.3, 0.4) is 0 Å². The number of halogens is 1. The Bertz CT molecular complexity index is 299. The van der Waals surface area contributed by atoms with Crippen LogP contribution in [0.2, 0.25) is 0 Å². The number of hydrogen-bond acceptors (Lipinski definition) is 2. The van der Waals surface area contributed by atoms with Gasteiger partial charge in [0.1, 0.15) is 5.75 Å². The maximum atomic E-state index is 5.83. The van der Waals surface area contributed by atoms with Gasteiger partial charge in [-0.3, -0.25) is 0 Å². The topological polar surface area (TPSA) is 35.2 Å². The number of ether oxygens (including phenoxy) is 1. The lowest BCUT2D eigenvalue weighted by Crippen LogP contribution is -2.07. The number of rotatable bonds is 1. The monoisotopic (exact) mass is 199 g/mol. The molecule has 72 valence electrons. The largest absolute Gasteiger partial charge is 0.493 e. The van der Waals surface area contributed by atoms with Crippen LogP contribution in [0.5, 0.6) is 5.75 Å². The second kappa shape index (κ2) is 3.99. The molecule has 3 heteroatoms. The lowest BCUT2D eigenvalue weighted by atomic mass is 10.0. The standard InChI is InChI=1S/C10H13NO.ClH/c1-7(11)8-3-2-4-10-9(8)5-6-12-10;/h2-4,7H,5-6,11H2,1H3;1H/t7-;/m0./s1. The van der Waals surface area contributed by atoms with Gasteiger partial charge in [-0.05, 0) is 18.6 Å². The van der Waals surface area contributed by atoms with Gasteiger partial charge in [0, 0.05) is 18.0 Å². The molecule has 1 atom stereocenters. The normalized spacial score (nSPS) is 15.5. The van der Waals surface area contributed by atoms with E-state index < -0.39 is 0 Å². The molecular weight excluding hydrogens is 186 g/mol. The minimum atomic E-state index is 0. The van der Waals surface area contributed by atoms with Crippen molar-refractivity contribution in [1.29, 1.82) is 0 Å². The first-order valence-electron chi connectivity index (χ1n) is 4.29. The number of benzene rings is 1. The number of nitrogens with two attached hydrogens (primary N) is 1. The first kappa shape index (κ1) is 10.4. The molecule has 1 aliphatic heterocycles. The van der Waals surface area contributed by atoms with Crippen molar-refractivity contribution in [2.24, 2.45) is 5.73 Å². The Hall–Kier alpha value is -0.730. The molecule has 1 aliphatic rings. The van der Waals surface area contributed by atoms with Crippen LogP contribution in [-0.4, -0.2) is 6.61 Å². The van der Waals surface area contributed by atoms with E-state index in [1.807, 2.05) is 19.1 Å². The zero-order chi connectivity index (χ0) is 8.55. The van der Waals surface area contributed by atoms with E-state index in [4.69, 9.17) is 10.5 Å². The average molecular weight is 200 g/mol. The van der Waals surface area contributed by atoms with Crippen LogP contribution >= 0.6 is 12.4 Å². The van der Waals surface area contributed by atoms with E-state index in [-0.39, 0.29) is 18.4 Å². The van der Waals surface area contributed by atoms with Crippen LogP contribution in [0.4, 0.5) is 0 Å². The van der Waals surface area contributed by atoms with Crippen LogP contribution in [0.1, 0.15) is 24.1 Å². The molecule has 0 bridgehead atoms. The third kappa shape index (κ3) is 1.79.